The van der Waals surface area contributed by atoms with Crippen LogP contribution in [-0.4, -0.2) is 34.6 Å². The van der Waals surface area contributed by atoms with Crippen LogP contribution in [0.15, 0.2) is 82.6 Å². The first kappa shape index (κ1) is 29.0. The number of benzene rings is 3. The third-order valence-corrected chi connectivity index (χ3v) is 9.68. The van der Waals surface area contributed by atoms with E-state index < -0.39 is 53.2 Å². The second-order valence-corrected chi connectivity index (χ2v) is 12.3. The number of imide groups is 1. The van der Waals surface area contributed by atoms with Crippen LogP contribution in [0.25, 0.3) is 0 Å². The van der Waals surface area contributed by atoms with Crippen LogP contribution in [0, 0.1) is 5.92 Å². The van der Waals surface area contributed by atoms with Gasteiger partial charge in [-0.3, -0.25) is 19.2 Å². The maximum atomic E-state index is 13.8. The van der Waals surface area contributed by atoms with E-state index in [1.54, 1.807) is 48.5 Å². The van der Waals surface area contributed by atoms with Gasteiger partial charge in [-0.1, -0.05) is 59.0 Å². The predicted octanol–water partition coefficient (Wildman–Crippen LogP) is 5.92. The summed E-state index contributed by atoms with van der Waals surface area (Å²) in [7, 11) is 0. The van der Waals surface area contributed by atoms with Crippen molar-refractivity contribution in [1.29, 1.82) is 0 Å². The number of aromatic nitrogens is 1. The van der Waals surface area contributed by atoms with E-state index in [2.05, 4.69) is 10.3 Å². The summed E-state index contributed by atoms with van der Waals surface area (Å²) in [4.78, 5) is 56.1. The summed E-state index contributed by atoms with van der Waals surface area (Å²) in [6, 6.07) is 17.4. The SMILES string of the molecule is O=C(COc1ccc(C2c3sc(=O)[nH]c3SC3C(=O)N(c4ccc(Cl)cc4)C(=O)C32)cc1)Nc1ccccc1C(F)(F)F. The van der Waals surface area contributed by atoms with Gasteiger partial charge in [-0.25, -0.2) is 4.90 Å². The number of anilines is 2. The minimum atomic E-state index is -4.64. The molecule has 3 heterocycles. The summed E-state index contributed by atoms with van der Waals surface area (Å²) >= 11 is 8.12. The summed E-state index contributed by atoms with van der Waals surface area (Å²) < 4.78 is 45.2. The molecule has 1 fully saturated rings. The van der Waals surface area contributed by atoms with E-state index >= 15 is 0 Å². The number of para-hydroxylation sites is 1. The average Bonchev–Trinajstić information content (AvgIpc) is 3.46. The van der Waals surface area contributed by atoms with Crippen molar-refractivity contribution < 1.29 is 32.3 Å². The predicted molar refractivity (Wildman–Crippen MR) is 156 cm³/mol. The number of nitrogens with zero attached hydrogens (tertiary/aromatic N) is 1. The Morgan fingerprint density at radius 2 is 1.67 bits per heavy atom. The van der Waals surface area contributed by atoms with E-state index in [9.17, 15) is 32.3 Å². The summed E-state index contributed by atoms with van der Waals surface area (Å²) in [5, 5.41) is 2.43. The van der Waals surface area contributed by atoms with Gasteiger partial charge in [-0.05, 0) is 54.1 Å². The molecule has 3 amide bonds. The second-order valence-electron chi connectivity index (χ2n) is 9.69. The Morgan fingerprint density at radius 3 is 2.37 bits per heavy atom. The second kappa shape index (κ2) is 11.2. The van der Waals surface area contributed by atoms with Crippen LogP contribution in [0.5, 0.6) is 5.75 Å². The lowest BCUT2D eigenvalue weighted by Gasteiger charge is -2.29. The van der Waals surface area contributed by atoms with Crippen molar-refractivity contribution in [3.63, 3.8) is 0 Å². The summed E-state index contributed by atoms with van der Waals surface area (Å²) in [6.45, 7) is -0.553. The highest BCUT2D eigenvalue weighted by Crippen LogP contribution is 2.53. The highest BCUT2D eigenvalue weighted by Gasteiger charge is 2.56. The number of amides is 3. The summed E-state index contributed by atoms with van der Waals surface area (Å²) in [5.74, 6) is -2.75. The Balaban J connectivity index is 1.22. The molecular formula is C29H19ClF3N3O5S2. The smallest absolute Gasteiger partial charge is 0.418 e. The Kier molecular flexibility index (Phi) is 7.57. The van der Waals surface area contributed by atoms with E-state index in [1.165, 1.54) is 12.1 Å². The van der Waals surface area contributed by atoms with Crippen molar-refractivity contribution in [2.24, 2.45) is 5.92 Å². The van der Waals surface area contributed by atoms with Crippen molar-refractivity contribution in [2.75, 3.05) is 16.8 Å². The molecule has 6 rings (SSSR count). The lowest BCUT2D eigenvalue weighted by atomic mass is 9.83. The molecule has 0 saturated carbocycles. The van der Waals surface area contributed by atoms with Crippen LogP contribution in [0.1, 0.15) is 21.9 Å². The van der Waals surface area contributed by atoms with Gasteiger partial charge in [0.1, 0.15) is 11.0 Å². The molecule has 3 aromatic carbocycles. The van der Waals surface area contributed by atoms with Gasteiger partial charge in [0.05, 0.1) is 27.9 Å². The normalized spacial score (nSPS) is 19.6. The Bertz CT molecular complexity index is 1790. The molecule has 220 valence electrons. The van der Waals surface area contributed by atoms with Gasteiger partial charge >= 0.3 is 11.0 Å². The lowest BCUT2D eigenvalue weighted by molar-refractivity contribution is -0.137. The molecule has 3 atom stereocenters. The number of carbonyl (C=O) groups excluding carboxylic acids is 3. The molecule has 4 aromatic rings. The third kappa shape index (κ3) is 5.55. The molecule has 0 aliphatic carbocycles. The topological polar surface area (TPSA) is 109 Å². The van der Waals surface area contributed by atoms with Crippen molar-refractivity contribution in [3.05, 3.63) is 103 Å². The number of fused-ring (bicyclic) bond motifs is 2. The first-order valence-corrected chi connectivity index (χ1v) is 14.8. The zero-order valence-corrected chi connectivity index (χ0v) is 24.1. The van der Waals surface area contributed by atoms with Gasteiger partial charge in [0.25, 0.3) is 5.91 Å². The molecule has 1 saturated heterocycles. The monoisotopic (exact) mass is 645 g/mol. The van der Waals surface area contributed by atoms with E-state index in [4.69, 9.17) is 16.3 Å². The maximum Gasteiger partial charge on any atom is 0.418 e. The number of hydrogen-bond donors (Lipinski definition) is 2. The number of rotatable bonds is 6. The number of H-pyrrole nitrogens is 1. The Labute approximate surface area is 254 Å². The number of aromatic amines is 1. The van der Waals surface area contributed by atoms with Crippen molar-refractivity contribution in [1.82, 2.24) is 4.98 Å². The van der Waals surface area contributed by atoms with E-state index in [1.807, 2.05) is 0 Å². The average molecular weight is 646 g/mol. The van der Waals surface area contributed by atoms with Crippen LogP contribution in [0.4, 0.5) is 24.5 Å². The standard InChI is InChI=1S/C29H19ClF3N3O5S2/c30-15-7-9-16(10-8-15)36-26(38)22-21(23-25(35-28(40)43-23)42-24(22)27(36)39)14-5-11-17(12-6-14)41-13-20(37)34-19-4-2-1-3-18(19)29(31,32)33/h1-12,21-22,24H,13H2,(H,34,37)(H,35,40). The number of halogens is 4. The molecule has 0 spiro atoms. The quantitative estimate of drug-likeness (QED) is 0.252. The number of thiazole rings is 1. The van der Waals surface area contributed by atoms with Gasteiger partial charge in [0.15, 0.2) is 6.61 Å². The van der Waals surface area contributed by atoms with Gasteiger partial charge < -0.3 is 15.0 Å². The Hall–Kier alpha value is -4.07. The van der Waals surface area contributed by atoms with E-state index in [0.717, 1.165) is 40.1 Å². The van der Waals surface area contributed by atoms with Gasteiger partial charge in [-0.2, -0.15) is 13.2 Å². The first-order valence-electron chi connectivity index (χ1n) is 12.7. The molecule has 2 N–H and O–H groups in total. The van der Waals surface area contributed by atoms with Crippen LogP contribution < -0.4 is 19.8 Å². The maximum absolute atomic E-state index is 13.8. The number of hydrogen-bond acceptors (Lipinski definition) is 7. The highest BCUT2D eigenvalue weighted by atomic mass is 35.5. The highest BCUT2D eigenvalue weighted by molar-refractivity contribution is 8.00. The number of ether oxygens (including phenoxy) is 1. The number of alkyl halides is 3. The zero-order valence-electron chi connectivity index (χ0n) is 21.7. The fourth-order valence-corrected chi connectivity index (χ4v) is 7.81. The minimum absolute atomic E-state index is 0.254. The molecule has 2 aliphatic heterocycles. The lowest BCUT2D eigenvalue weighted by Crippen LogP contribution is -2.32. The molecule has 43 heavy (non-hydrogen) atoms. The molecule has 0 radical (unpaired) electrons. The molecule has 1 aromatic heterocycles. The molecule has 3 unspecified atom stereocenters. The van der Waals surface area contributed by atoms with Gasteiger partial charge in [0.2, 0.25) is 11.8 Å². The van der Waals surface area contributed by atoms with E-state index in [-0.39, 0.29) is 16.3 Å². The number of carbonyl (C=O) groups is 3. The molecule has 8 nitrogen and oxygen atoms in total. The summed E-state index contributed by atoms with van der Waals surface area (Å²) in [5.41, 5.74) is -0.322. The largest absolute Gasteiger partial charge is 0.484 e. The van der Waals surface area contributed by atoms with Crippen molar-refractivity contribution in [2.45, 2.75) is 22.4 Å². The van der Waals surface area contributed by atoms with Crippen LogP contribution in [0.3, 0.4) is 0 Å². The van der Waals surface area contributed by atoms with Crippen LogP contribution >= 0.6 is 34.7 Å². The molecular weight excluding hydrogens is 627 g/mol. The Morgan fingerprint density at radius 1 is 0.977 bits per heavy atom. The van der Waals surface area contributed by atoms with Gasteiger partial charge in [0, 0.05) is 15.8 Å². The number of thioether (sulfide) groups is 1. The number of nitrogens with one attached hydrogen (secondary N) is 2. The van der Waals surface area contributed by atoms with E-state index in [0.29, 0.717) is 26.2 Å². The first-order chi connectivity index (χ1) is 20.5. The fraction of sp³-hybridized carbons (Fsp3) is 0.172. The molecule has 0 bridgehead atoms. The van der Waals surface area contributed by atoms with Crippen molar-refractivity contribution >= 4 is 63.8 Å². The van der Waals surface area contributed by atoms with Crippen molar-refractivity contribution in [3.8, 4) is 5.75 Å². The van der Waals surface area contributed by atoms with Crippen LogP contribution in [-0.2, 0) is 20.6 Å². The molecule has 2 aliphatic rings. The molecule has 14 heteroatoms. The summed E-state index contributed by atoms with van der Waals surface area (Å²) in [6.07, 6.45) is -4.64. The fourth-order valence-electron chi connectivity index (χ4n) is 5.17. The third-order valence-electron chi connectivity index (χ3n) is 7.02. The van der Waals surface area contributed by atoms with Crippen LogP contribution in [0.2, 0.25) is 5.02 Å². The van der Waals surface area contributed by atoms with Gasteiger partial charge in [-0.15, -0.1) is 0 Å². The zero-order chi connectivity index (χ0) is 30.5. The minimum Gasteiger partial charge on any atom is -0.484 e.